The maximum absolute atomic E-state index is 3.64. The topological polar surface area (TPSA) is 15.3 Å². The molecular formula is C16H26N2. The van der Waals surface area contributed by atoms with Crippen molar-refractivity contribution in [3.63, 3.8) is 0 Å². The van der Waals surface area contributed by atoms with Gasteiger partial charge in [-0.05, 0) is 38.9 Å². The van der Waals surface area contributed by atoms with Crippen LogP contribution in [0, 0.1) is 0 Å². The average molecular weight is 246 g/mol. The van der Waals surface area contributed by atoms with E-state index in [1.165, 1.54) is 24.8 Å². The zero-order chi connectivity index (χ0) is 13.0. The van der Waals surface area contributed by atoms with E-state index >= 15 is 0 Å². The molecule has 0 spiro atoms. The standard InChI is InChI=1S/C16H26N2/c1-4-17-16(14-9-6-5-7-10-14)13(2)18(3)15-11-8-12-15/h5-7,9-10,13,15-17H,4,8,11-12H2,1-3H3. The average Bonchev–Trinajstić information content (AvgIpc) is 2.34. The van der Waals surface area contributed by atoms with E-state index in [-0.39, 0.29) is 0 Å². The van der Waals surface area contributed by atoms with Crippen molar-refractivity contribution >= 4 is 0 Å². The summed E-state index contributed by atoms with van der Waals surface area (Å²) in [5.41, 5.74) is 1.40. The Morgan fingerprint density at radius 3 is 2.44 bits per heavy atom. The Morgan fingerprint density at radius 2 is 1.94 bits per heavy atom. The molecule has 0 aliphatic heterocycles. The Labute approximate surface area is 111 Å². The van der Waals surface area contributed by atoms with Crippen molar-refractivity contribution in [2.45, 2.75) is 51.2 Å². The fraction of sp³-hybridized carbons (Fsp3) is 0.625. The first-order valence-corrected chi connectivity index (χ1v) is 7.24. The van der Waals surface area contributed by atoms with Crippen LogP contribution in [0.4, 0.5) is 0 Å². The van der Waals surface area contributed by atoms with Gasteiger partial charge in [0.2, 0.25) is 0 Å². The van der Waals surface area contributed by atoms with E-state index in [1.54, 1.807) is 0 Å². The van der Waals surface area contributed by atoms with Gasteiger partial charge in [0.1, 0.15) is 0 Å². The molecule has 2 unspecified atom stereocenters. The molecule has 1 saturated carbocycles. The molecule has 0 amide bonds. The number of rotatable bonds is 6. The van der Waals surface area contributed by atoms with Crippen LogP contribution in [0.25, 0.3) is 0 Å². The summed E-state index contributed by atoms with van der Waals surface area (Å²) in [5, 5.41) is 3.64. The highest BCUT2D eigenvalue weighted by molar-refractivity contribution is 5.20. The summed E-state index contributed by atoms with van der Waals surface area (Å²) in [6.07, 6.45) is 4.14. The minimum absolute atomic E-state index is 0.432. The summed E-state index contributed by atoms with van der Waals surface area (Å²) >= 11 is 0. The van der Waals surface area contributed by atoms with Crippen LogP contribution in [-0.2, 0) is 0 Å². The van der Waals surface area contributed by atoms with Crippen LogP contribution in [0.15, 0.2) is 30.3 Å². The van der Waals surface area contributed by atoms with E-state index in [4.69, 9.17) is 0 Å². The molecule has 1 aliphatic rings. The van der Waals surface area contributed by atoms with Crippen LogP contribution in [0.2, 0.25) is 0 Å². The minimum Gasteiger partial charge on any atom is -0.309 e. The number of hydrogen-bond donors (Lipinski definition) is 1. The van der Waals surface area contributed by atoms with Crippen LogP contribution in [-0.4, -0.2) is 30.6 Å². The van der Waals surface area contributed by atoms with E-state index < -0.39 is 0 Å². The molecule has 2 heteroatoms. The van der Waals surface area contributed by atoms with Gasteiger partial charge in [0.25, 0.3) is 0 Å². The molecule has 1 aliphatic carbocycles. The molecule has 1 fully saturated rings. The Hall–Kier alpha value is -0.860. The predicted molar refractivity (Wildman–Crippen MR) is 77.7 cm³/mol. The number of benzene rings is 1. The SMILES string of the molecule is CCNC(c1ccccc1)C(C)N(C)C1CCC1. The predicted octanol–water partition coefficient (Wildman–Crippen LogP) is 3.21. The lowest BCUT2D eigenvalue weighted by Gasteiger charge is -2.42. The minimum atomic E-state index is 0.432. The second-order valence-electron chi connectivity index (χ2n) is 5.44. The molecule has 2 nitrogen and oxygen atoms in total. The molecular weight excluding hydrogens is 220 g/mol. The first kappa shape index (κ1) is 13.6. The number of nitrogens with one attached hydrogen (secondary N) is 1. The summed E-state index contributed by atoms with van der Waals surface area (Å²) in [6, 6.07) is 12.6. The summed E-state index contributed by atoms with van der Waals surface area (Å²) in [6.45, 7) is 5.55. The molecule has 100 valence electrons. The van der Waals surface area contributed by atoms with Gasteiger partial charge in [-0.3, -0.25) is 4.90 Å². The van der Waals surface area contributed by atoms with Gasteiger partial charge >= 0.3 is 0 Å². The number of hydrogen-bond acceptors (Lipinski definition) is 2. The smallest absolute Gasteiger partial charge is 0.0475 e. The Balaban J connectivity index is 2.08. The normalized spacial score (nSPS) is 19.6. The summed E-state index contributed by atoms with van der Waals surface area (Å²) in [5.74, 6) is 0. The largest absolute Gasteiger partial charge is 0.309 e. The van der Waals surface area contributed by atoms with Crippen molar-refractivity contribution in [2.75, 3.05) is 13.6 Å². The van der Waals surface area contributed by atoms with Gasteiger partial charge in [-0.2, -0.15) is 0 Å². The molecule has 1 aromatic rings. The van der Waals surface area contributed by atoms with Crippen molar-refractivity contribution in [3.8, 4) is 0 Å². The van der Waals surface area contributed by atoms with Crippen LogP contribution < -0.4 is 5.32 Å². The highest BCUT2D eigenvalue weighted by Gasteiger charge is 2.29. The monoisotopic (exact) mass is 246 g/mol. The maximum Gasteiger partial charge on any atom is 0.0475 e. The first-order valence-electron chi connectivity index (χ1n) is 7.24. The quantitative estimate of drug-likeness (QED) is 0.829. The van der Waals surface area contributed by atoms with Crippen molar-refractivity contribution in [1.29, 1.82) is 0 Å². The molecule has 2 atom stereocenters. The van der Waals surface area contributed by atoms with E-state index in [2.05, 4.69) is 61.4 Å². The Morgan fingerprint density at radius 1 is 1.28 bits per heavy atom. The van der Waals surface area contributed by atoms with Crippen LogP contribution in [0.5, 0.6) is 0 Å². The molecule has 2 rings (SSSR count). The third-order valence-corrected chi connectivity index (χ3v) is 4.36. The third kappa shape index (κ3) is 2.93. The van der Waals surface area contributed by atoms with Gasteiger partial charge in [-0.25, -0.2) is 0 Å². The fourth-order valence-corrected chi connectivity index (χ4v) is 2.81. The van der Waals surface area contributed by atoms with Gasteiger partial charge < -0.3 is 5.32 Å². The third-order valence-electron chi connectivity index (χ3n) is 4.36. The highest BCUT2D eigenvalue weighted by Crippen LogP contribution is 2.29. The van der Waals surface area contributed by atoms with Crippen molar-refractivity contribution in [3.05, 3.63) is 35.9 Å². The first-order chi connectivity index (χ1) is 8.74. The maximum atomic E-state index is 3.64. The lowest BCUT2D eigenvalue weighted by Crippen LogP contribution is -2.48. The molecule has 1 aromatic carbocycles. The van der Waals surface area contributed by atoms with Gasteiger partial charge in [-0.15, -0.1) is 0 Å². The van der Waals surface area contributed by atoms with Crippen molar-refractivity contribution < 1.29 is 0 Å². The Bertz CT molecular complexity index is 345. The highest BCUT2D eigenvalue weighted by atomic mass is 15.2. The lowest BCUT2D eigenvalue weighted by atomic mass is 9.89. The molecule has 0 aromatic heterocycles. The second kappa shape index (κ2) is 6.35. The lowest BCUT2D eigenvalue weighted by molar-refractivity contribution is 0.0963. The van der Waals surface area contributed by atoms with Gasteiger partial charge in [0.05, 0.1) is 0 Å². The molecule has 0 bridgehead atoms. The zero-order valence-corrected chi connectivity index (χ0v) is 11.9. The van der Waals surface area contributed by atoms with E-state index in [0.29, 0.717) is 12.1 Å². The van der Waals surface area contributed by atoms with E-state index in [9.17, 15) is 0 Å². The van der Waals surface area contributed by atoms with E-state index in [1.807, 2.05) is 0 Å². The molecule has 0 saturated heterocycles. The van der Waals surface area contributed by atoms with Crippen molar-refractivity contribution in [1.82, 2.24) is 10.2 Å². The van der Waals surface area contributed by atoms with Crippen LogP contribution in [0.1, 0.15) is 44.7 Å². The van der Waals surface area contributed by atoms with Gasteiger partial charge in [0.15, 0.2) is 0 Å². The van der Waals surface area contributed by atoms with Crippen molar-refractivity contribution in [2.24, 2.45) is 0 Å². The fourth-order valence-electron chi connectivity index (χ4n) is 2.81. The molecule has 0 radical (unpaired) electrons. The second-order valence-corrected chi connectivity index (χ2v) is 5.44. The van der Waals surface area contributed by atoms with Crippen LogP contribution in [0.3, 0.4) is 0 Å². The number of likely N-dealkylation sites (N-methyl/N-ethyl adjacent to an activating group) is 2. The summed E-state index contributed by atoms with van der Waals surface area (Å²) < 4.78 is 0. The summed E-state index contributed by atoms with van der Waals surface area (Å²) in [4.78, 5) is 2.56. The Kier molecular flexibility index (Phi) is 4.79. The van der Waals surface area contributed by atoms with Crippen LogP contribution >= 0.6 is 0 Å². The van der Waals surface area contributed by atoms with E-state index in [0.717, 1.165) is 12.6 Å². The number of nitrogens with zero attached hydrogens (tertiary/aromatic N) is 1. The molecule has 18 heavy (non-hydrogen) atoms. The summed E-state index contributed by atoms with van der Waals surface area (Å²) in [7, 11) is 2.28. The molecule has 0 heterocycles. The zero-order valence-electron chi connectivity index (χ0n) is 11.9. The van der Waals surface area contributed by atoms with Gasteiger partial charge in [0, 0.05) is 18.1 Å². The van der Waals surface area contributed by atoms with Gasteiger partial charge in [-0.1, -0.05) is 43.7 Å². The molecule has 1 N–H and O–H groups in total.